The van der Waals surface area contributed by atoms with E-state index in [1.807, 2.05) is 0 Å². The first-order chi connectivity index (χ1) is 7.15. The number of likely N-dealkylation sites (tertiary alicyclic amines) is 1. The van der Waals surface area contributed by atoms with Crippen molar-refractivity contribution >= 4 is 34.1 Å². The number of ketones is 1. The van der Waals surface area contributed by atoms with Crippen LogP contribution in [0.3, 0.4) is 0 Å². The van der Waals surface area contributed by atoms with Crippen LogP contribution in [0, 0.1) is 0 Å². The van der Waals surface area contributed by atoms with Gasteiger partial charge in [-0.25, -0.2) is 0 Å². The van der Waals surface area contributed by atoms with E-state index in [2.05, 4.69) is 11.5 Å². The molecule has 4 heteroatoms. The average molecular weight is 243 g/mol. The summed E-state index contributed by atoms with van der Waals surface area (Å²) in [5, 5.41) is -0.181. The number of hydrogen-bond donors (Lipinski definition) is 0. The average Bonchev–Trinajstić information content (AvgIpc) is 2.26. The van der Waals surface area contributed by atoms with Crippen molar-refractivity contribution in [3.63, 3.8) is 0 Å². The van der Waals surface area contributed by atoms with Gasteiger partial charge in [0.25, 0.3) is 0 Å². The van der Waals surface area contributed by atoms with E-state index in [9.17, 15) is 4.79 Å². The summed E-state index contributed by atoms with van der Waals surface area (Å²) < 4.78 is 0.842. The monoisotopic (exact) mass is 243 g/mol. The molecular formula is C11H17NOS2. The highest BCUT2D eigenvalue weighted by atomic mass is 32.2. The number of nitrogens with zero attached hydrogens (tertiary/aromatic N) is 1. The van der Waals surface area contributed by atoms with Crippen molar-refractivity contribution < 1.29 is 4.79 Å². The Morgan fingerprint density at radius 3 is 2.53 bits per heavy atom. The normalized spacial score (nSPS) is 18.3. The predicted molar refractivity (Wildman–Crippen MR) is 70.3 cm³/mol. The highest BCUT2D eigenvalue weighted by Crippen LogP contribution is 2.21. The van der Waals surface area contributed by atoms with Gasteiger partial charge in [-0.3, -0.25) is 4.79 Å². The Kier molecular flexibility index (Phi) is 5.32. The fourth-order valence-electron chi connectivity index (χ4n) is 1.56. The molecule has 0 bridgehead atoms. The SMILES string of the molecule is C=CC(SC(=S)N1CCCCC1)C(C)=O. The van der Waals surface area contributed by atoms with Crippen LogP contribution in [-0.4, -0.2) is 33.3 Å². The molecule has 2 nitrogen and oxygen atoms in total. The molecule has 1 rings (SSSR count). The van der Waals surface area contributed by atoms with Gasteiger partial charge < -0.3 is 4.90 Å². The summed E-state index contributed by atoms with van der Waals surface area (Å²) in [6.45, 7) is 7.31. The first-order valence-corrected chi connectivity index (χ1v) is 6.52. The maximum atomic E-state index is 11.2. The Labute approximate surface area is 101 Å². The molecule has 0 amide bonds. The lowest BCUT2D eigenvalue weighted by Crippen LogP contribution is -2.34. The largest absolute Gasteiger partial charge is 0.357 e. The van der Waals surface area contributed by atoms with E-state index in [1.165, 1.54) is 31.0 Å². The van der Waals surface area contributed by atoms with Crippen molar-refractivity contribution in [2.75, 3.05) is 13.1 Å². The summed E-state index contributed by atoms with van der Waals surface area (Å²) in [5.74, 6) is 0.120. The second kappa shape index (κ2) is 6.28. The van der Waals surface area contributed by atoms with Crippen LogP contribution in [0.15, 0.2) is 12.7 Å². The number of hydrogen-bond acceptors (Lipinski definition) is 3. The molecule has 0 radical (unpaired) electrons. The number of Topliss-reactive ketones (excluding diaryl/α,β-unsaturated/α-hetero) is 1. The number of carbonyl (C=O) groups excluding carboxylic acids is 1. The molecule has 1 unspecified atom stereocenters. The third-order valence-corrected chi connectivity index (χ3v) is 4.24. The van der Waals surface area contributed by atoms with Gasteiger partial charge in [-0.2, -0.15) is 0 Å². The fourth-order valence-corrected chi connectivity index (χ4v) is 2.86. The molecule has 0 saturated carbocycles. The van der Waals surface area contributed by atoms with Gasteiger partial charge in [0.1, 0.15) is 10.1 Å². The summed E-state index contributed by atoms with van der Waals surface area (Å²) in [6.07, 6.45) is 5.38. The second-order valence-electron chi connectivity index (χ2n) is 3.70. The van der Waals surface area contributed by atoms with E-state index in [4.69, 9.17) is 12.2 Å². The van der Waals surface area contributed by atoms with E-state index in [1.54, 1.807) is 13.0 Å². The van der Waals surface area contributed by atoms with Crippen LogP contribution in [0.4, 0.5) is 0 Å². The molecule has 0 aromatic heterocycles. The standard InChI is InChI=1S/C11H17NOS2/c1-3-10(9(2)13)15-11(14)12-7-5-4-6-8-12/h3,10H,1,4-8H2,2H3. The van der Waals surface area contributed by atoms with Crippen LogP contribution in [0.1, 0.15) is 26.2 Å². The fraction of sp³-hybridized carbons (Fsp3) is 0.636. The predicted octanol–water partition coefficient (Wildman–Crippen LogP) is 2.63. The number of rotatable bonds is 3. The van der Waals surface area contributed by atoms with E-state index >= 15 is 0 Å². The molecule has 1 aliphatic rings. The molecule has 0 aromatic rings. The smallest absolute Gasteiger partial charge is 0.147 e. The van der Waals surface area contributed by atoms with Gasteiger partial charge in [0, 0.05) is 13.1 Å². The Morgan fingerprint density at radius 2 is 2.07 bits per heavy atom. The number of thiocarbonyl (C=S) groups is 1. The summed E-state index contributed by atoms with van der Waals surface area (Å²) in [6, 6.07) is 0. The topological polar surface area (TPSA) is 20.3 Å². The summed E-state index contributed by atoms with van der Waals surface area (Å²) in [7, 11) is 0. The van der Waals surface area contributed by atoms with Crippen molar-refractivity contribution in [2.45, 2.75) is 31.4 Å². The van der Waals surface area contributed by atoms with E-state index in [-0.39, 0.29) is 11.0 Å². The summed E-state index contributed by atoms with van der Waals surface area (Å²) in [4.78, 5) is 13.4. The van der Waals surface area contributed by atoms with Crippen LogP contribution >= 0.6 is 24.0 Å². The van der Waals surface area contributed by atoms with Crippen molar-refractivity contribution in [3.8, 4) is 0 Å². The zero-order chi connectivity index (χ0) is 11.3. The molecule has 1 aliphatic heterocycles. The van der Waals surface area contributed by atoms with Gasteiger partial charge >= 0.3 is 0 Å². The van der Waals surface area contributed by atoms with Gasteiger partial charge in [0.05, 0.1) is 5.25 Å². The van der Waals surface area contributed by atoms with Gasteiger partial charge in [-0.1, -0.05) is 30.1 Å². The van der Waals surface area contributed by atoms with Crippen molar-refractivity contribution in [2.24, 2.45) is 0 Å². The van der Waals surface area contributed by atoms with Crippen LogP contribution in [0.2, 0.25) is 0 Å². The first-order valence-electron chi connectivity index (χ1n) is 5.23. The minimum atomic E-state index is -0.181. The third kappa shape index (κ3) is 3.95. The molecule has 0 aromatic carbocycles. The highest BCUT2D eigenvalue weighted by Gasteiger charge is 2.19. The Morgan fingerprint density at radius 1 is 1.47 bits per heavy atom. The van der Waals surface area contributed by atoms with Crippen LogP contribution < -0.4 is 0 Å². The van der Waals surface area contributed by atoms with Crippen LogP contribution in [-0.2, 0) is 4.79 Å². The molecule has 1 atom stereocenters. The van der Waals surface area contributed by atoms with E-state index in [0.29, 0.717) is 0 Å². The Hall–Kier alpha value is -0.350. The molecule has 84 valence electrons. The molecule has 1 fully saturated rings. The Bertz CT molecular complexity index is 259. The maximum Gasteiger partial charge on any atom is 0.147 e. The molecule has 0 N–H and O–H groups in total. The van der Waals surface area contributed by atoms with E-state index < -0.39 is 0 Å². The lowest BCUT2D eigenvalue weighted by Gasteiger charge is -2.29. The molecule has 1 heterocycles. The van der Waals surface area contributed by atoms with Gasteiger partial charge in [0.2, 0.25) is 0 Å². The quantitative estimate of drug-likeness (QED) is 0.560. The molecule has 0 aliphatic carbocycles. The number of carbonyl (C=O) groups is 1. The molecule has 0 spiro atoms. The molecular weight excluding hydrogens is 226 g/mol. The van der Waals surface area contributed by atoms with Gasteiger partial charge in [0.15, 0.2) is 0 Å². The number of piperidine rings is 1. The highest BCUT2D eigenvalue weighted by molar-refractivity contribution is 8.23. The van der Waals surface area contributed by atoms with Crippen LogP contribution in [0.25, 0.3) is 0 Å². The van der Waals surface area contributed by atoms with Gasteiger partial charge in [-0.15, -0.1) is 6.58 Å². The maximum absolute atomic E-state index is 11.2. The molecule has 1 saturated heterocycles. The van der Waals surface area contributed by atoms with Crippen molar-refractivity contribution in [1.82, 2.24) is 4.90 Å². The summed E-state index contributed by atoms with van der Waals surface area (Å²) >= 11 is 6.77. The minimum Gasteiger partial charge on any atom is -0.357 e. The lowest BCUT2D eigenvalue weighted by atomic mass is 10.1. The number of thioether (sulfide) groups is 1. The zero-order valence-corrected chi connectivity index (χ0v) is 10.7. The molecule has 15 heavy (non-hydrogen) atoms. The lowest BCUT2D eigenvalue weighted by molar-refractivity contribution is -0.115. The van der Waals surface area contributed by atoms with Crippen molar-refractivity contribution in [3.05, 3.63) is 12.7 Å². The zero-order valence-electron chi connectivity index (χ0n) is 9.07. The summed E-state index contributed by atoms with van der Waals surface area (Å²) in [5.41, 5.74) is 0. The minimum absolute atomic E-state index is 0.120. The van der Waals surface area contributed by atoms with E-state index in [0.717, 1.165) is 17.4 Å². The third-order valence-electron chi connectivity index (χ3n) is 2.46. The first kappa shape index (κ1) is 12.7. The van der Waals surface area contributed by atoms with Gasteiger partial charge in [-0.05, 0) is 26.2 Å². The van der Waals surface area contributed by atoms with Crippen molar-refractivity contribution in [1.29, 1.82) is 0 Å². The Balaban J connectivity index is 2.45. The second-order valence-corrected chi connectivity index (χ2v) is 5.47. The van der Waals surface area contributed by atoms with Crippen LogP contribution in [0.5, 0.6) is 0 Å².